The largest absolute Gasteiger partial charge is 0.365 e. The summed E-state index contributed by atoms with van der Waals surface area (Å²) in [5, 5.41) is 0.753. The lowest BCUT2D eigenvalue weighted by Gasteiger charge is -2.32. The van der Waals surface area contributed by atoms with Crippen LogP contribution in [0.5, 0.6) is 0 Å². The number of aryl methyl sites for hydroxylation is 1. The van der Waals surface area contributed by atoms with Crippen LogP contribution in [0.3, 0.4) is 0 Å². The van der Waals surface area contributed by atoms with Gasteiger partial charge in [-0.1, -0.05) is 65.7 Å². The molecule has 2 aromatic rings. The highest BCUT2D eigenvalue weighted by Crippen LogP contribution is 2.40. The average molecular weight is 299 g/mol. The highest BCUT2D eigenvalue weighted by molar-refractivity contribution is 6.30. The number of rotatable bonds is 2. The van der Waals surface area contributed by atoms with Crippen LogP contribution in [-0.4, -0.2) is 0 Å². The van der Waals surface area contributed by atoms with E-state index in [9.17, 15) is 0 Å². The highest BCUT2D eigenvalue weighted by atomic mass is 35.5. The van der Waals surface area contributed by atoms with E-state index >= 15 is 0 Å². The predicted molar refractivity (Wildman–Crippen MR) is 87.6 cm³/mol. The lowest BCUT2D eigenvalue weighted by molar-refractivity contribution is -0.0345. The van der Waals surface area contributed by atoms with E-state index in [0.717, 1.165) is 23.4 Å². The SMILES string of the molecule is C=C1C[C@@H](c2ccc(Cl)cc2)O[C@@H](c2ccc(C)cc2)C1. The van der Waals surface area contributed by atoms with Crippen LogP contribution in [0.25, 0.3) is 0 Å². The summed E-state index contributed by atoms with van der Waals surface area (Å²) in [4.78, 5) is 0. The third kappa shape index (κ3) is 3.37. The molecule has 1 nitrogen and oxygen atoms in total. The topological polar surface area (TPSA) is 9.23 Å². The number of ether oxygens (including phenoxy) is 1. The zero-order valence-corrected chi connectivity index (χ0v) is 12.9. The second-order valence-electron chi connectivity index (χ2n) is 5.73. The normalized spacial score (nSPS) is 22.3. The molecule has 0 amide bonds. The van der Waals surface area contributed by atoms with Crippen molar-refractivity contribution in [2.75, 3.05) is 0 Å². The van der Waals surface area contributed by atoms with Crippen LogP contribution in [0.4, 0.5) is 0 Å². The van der Waals surface area contributed by atoms with Crippen LogP contribution in [0, 0.1) is 6.92 Å². The Morgan fingerprint density at radius 3 is 1.90 bits per heavy atom. The smallest absolute Gasteiger partial charge is 0.0870 e. The molecule has 2 aromatic carbocycles. The van der Waals surface area contributed by atoms with Gasteiger partial charge < -0.3 is 4.74 Å². The van der Waals surface area contributed by atoms with Crippen molar-refractivity contribution < 1.29 is 4.74 Å². The maximum Gasteiger partial charge on any atom is 0.0870 e. The van der Waals surface area contributed by atoms with Gasteiger partial charge in [0.15, 0.2) is 0 Å². The number of benzene rings is 2. The van der Waals surface area contributed by atoms with E-state index in [2.05, 4.69) is 37.8 Å². The zero-order chi connectivity index (χ0) is 14.8. The second kappa shape index (κ2) is 6.05. The minimum Gasteiger partial charge on any atom is -0.365 e. The van der Waals surface area contributed by atoms with E-state index in [1.807, 2.05) is 24.3 Å². The summed E-state index contributed by atoms with van der Waals surface area (Å²) in [7, 11) is 0. The number of hydrogen-bond acceptors (Lipinski definition) is 1. The molecule has 0 unspecified atom stereocenters. The maximum atomic E-state index is 6.30. The van der Waals surface area contributed by atoms with Gasteiger partial charge in [0.05, 0.1) is 12.2 Å². The fourth-order valence-corrected chi connectivity index (χ4v) is 2.88. The van der Waals surface area contributed by atoms with Crippen molar-refractivity contribution in [2.24, 2.45) is 0 Å². The van der Waals surface area contributed by atoms with E-state index in [1.54, 1.807) is 0 Å². The van der Waals surface area contributed by atoms with E-state index in [0.29, 0.717) is 0 Å². The summed E-state index contributed by atoms with van der Waals surface area (Å²) in [6.07, 6.45) is 1.93. The summed E-state index contributed by atoms with van der Waals surface area (Å²) in [6, 6.07) is 16.5. The van der Waals surface area contributed by atoms with Crippen LogP contribution in [0.2, 0.25) is 5.02 Å². The van der Waals surface area contributed by atoms with E-state index in [-0.39, 0.29) is 12.2 Å². The van der Waals surface area contributed by atoms with Gasteiger partial charge in [-0.05, 0) is 43.0 Å². The van der Waals surface area contributed by atoms with Crippen molar-refractivity contribution in [3.63, 3.8) is 0 Å². The van der Waals surface area contributed by atoms with Crippen molar-refractivity contribution in [1.29, 1.82) is 0 Å². The van der Waals surface area contributed by atoms with Gasteiger partial charge in [0, 0.05) is 5.02 Å². The third-order valence-corrected chi connectivity index (χ3v) is 4.22. The number of halogens is 1. The second-order valence-corrected chi connectivity index (χ2v) is 6.17. The molecule has 3 rings (SSSR count). The quantitative estimate of drug-likeness (QED) is 0.637. The first kappa shape index (κ1) is 14.4. The monoisotopic (exact) mass is 298 g/mol. The molecule has 1 fully saturated rings. The van der Waals surface area contributed by atoms with Crippen LogP contribution < -0.4 is 0 Å². The van der Waals surface area contributed by atoms with E-state index in [1.165, 1.54) is 16.7 Å². The molecule has 1 aliphatic heterocycles. The van der Waals surface area contributed by atoms with Crippen LogP contribution >= 0.6 is 11.6 Å². The van der Waals surface area contributed by atoms with Crippen molar-refractivity contribution in [2.45, 2.75) is 32.0 Å². The first-order valence-electron chi connectivity index (χ1n) is 7.26. The first-order chi connectivity index (χ1) is 10.1. The van der Waals surface area contributed by atoms with Crippen molar-refractivity contribution in [3.8, 4) is 0 Å². The van der Waals surface area contributed by atoms with Gasteiger partial charge in [0.1, 0.15) is 0 Å². The predicted octanol–water partition coefficient (Wildman–Crippen LogP) is 5.80. The molecule has 0 N–H and O–H groups in total. The summed E-state index contributed by atoms with van der Waals surface area (Å²) in [6.45, 7) is 6.29. The Hall–Kier alpha value is -1.57. The van der Waals surface area contributed by atoms with Gasteiger partial charge in [-0.3, -0.25) is 0 Å². The Kier molecular flexibility index (Phi) is 4.14. The van der Waals surface area contributed by atoms with E-state index < -0.39 is 0 Å². The van der Waals surface area contributed by atoms with Gasteiger partial charge in [0.2, 0.25) is 0 Å². The Labute approximate surface area is 131 Å². The minimum atomic E-state index is 0.0646. The Balaban J connectivity index is 1.82. The van der Waals surface area contributed by atoms with Crippen molar-refractivity contribution in [1.82, 2.24) is 0 Å². The Morgan fingerprint density at radius 1 is 0.905 bits per heavy atom. The first-order valence-corrected chi connectivity index (χ1v) is 7.64. The van der Waals surface area contributed by atoms with Gasteiger partial charge >= 0.3 is 0 Å². The maximum absolute atomic E-state index is 6.30. The molecule has 108 valence electrons. The minimum absolute atomic E-state index is 0.0646. The molecule has 1 saturated heterocycles. The molecular formula is C19H19ClO. The molecule has 1 aliphatic rings. The van der Waals surface area contributed by atoms with Gasteiger partial charge in [-0.15, -0.1) is 0 Å². The Bertz CT molecular complexity index is 572. The molecule has 1 heterocycles. The zero-order valence-electron chi connectivity index (χ0n) is 12.2. The van der Waals surface area contributed by atoms with Crippen molar-refractivity contribution in [3.05, 3.63) is 82.4 Å². The lowest BCUT2D eigenvalue weighted by atomic mass is 9.91. The van der Waals surface area contributed by atoms with Crippen LogP contribution in [0.1, 0.15) is 41.7 Å². The average Bonchev–Trinajstić information content (AvgIpc) is 2.48. The molecule has 0 radical (unpaired) electrons. The summed E-state index contributed by atoms with van der Waals surface area (Å²) in [5.41, 5.74) is 4.90. The van der Waals surface area contributed by atoms with Crippen LogP contribution in [-0.2, 0) is 4.74 Å². The van der Waals surface area contributed by atoms with Crippen molar-refractivity contribution >= 4 is 11.6 Å². The summed E-state index contributed by atoms with van der Waals surface area (Å²) < 4.78 is 6.30. The van der Waals surface area contributed by atoms with Gasteiger partial charge in [0.25, 0.3) is 0 Å². The molecular weight excluding hydrogens is 280 g/mol. The molecule has 2 heteroatoms. The standard InChI is InChI=1S/C19H19ClO/c1-13-3-5-15(6-4-13)18-11-14(2)12-19(21-18)16-7-9-17(20)10-8-16/h3-10,18-19H,2,11-12H2,1H3/t18-,19+/m1/s1. The van der Waals surface area contributed by atoms with Gasteiger partial charge in [-0.25, -0.2) is 0 Å². The molecule has 2 atom stereocenters. The highest BCUT2D eigenvalue weighted by Gasteiger charge is 2.26. The lowest BCUT2D eigenvalue weighted by Crippen LogP contribution is -2.17. The summed E-state index contributed by atoms with van der Waals surface area (Å²) in [5.74, 6) is 0. The van der Waals surface area contributed by atoms with Gasteiger partial charge in [-0.2, -0.15) is 0 Å². The molecule has 0 aromatic heterocycles. The fraction of sp³-hybridized carbons (Fsp3) is 0.263. The number of hydrogen-bond donors (Lipinski definition) is 0. The molecule has 21 heavy (non-hydrogen) atoms. The van der Waals surface area contributed by atoms with Crippen LogP contribution in [0.15, 0.2) is 60.7 Å². The Morgan fingerprint density at radius 2 is 1.38 bits per heavy atom. The molecule has 0 aliphatic carbocycles. The molecule has 0 saturated carbocycles. The fourth-order valence-electron chi connectivity index (χ4n) is 2.75. The van der Waals surface area contributed by atoms with E-state index in [4.69, 9.17) is 16.3 Å². The molecule has 0 spiro atoms. The third-order valence-electron chi connectivity index (χ3n) is 3.97. The summed E-state index contributed by atoms with van der Waals surface area (Å²) >= 11 is 5.96. The molecule has 0 bridgehead atoms.